The van der Waals surface area contributed by atoms with Crippen LogP contribution in [0.2, 0.25) is 0 Å². The molecule has 0 heterocycles. The van der Waals surface area contributed by atoms with E-state index in [9.17, 15) is 4.79 Å². The monoisotopic (exact) mass is 518 g/mol. The third kappa shape index (κ3) is 4.43. The molecule has 4 rings (SSSR count). The second kappa shape index (κ2) is 8.60. The Morgan fingerprint density at radius 1 is 1.24 bits per heavy atom. The van der Waals surface area contributed by atoms with Gasteiger partial charge in [0.2, 0.25) is 5.91 Å². The molecule has 0 saturated heterocycles. The number of carbonyl (C=O) groups excluding carboxylic acids is 1. The topological polar surface area (TPSA) is 50.7 Å². The van der Waals surface area contributed by atoms with Gasteiger partial charge in [0.15, 0.2) is 0 Å². The molecule has 1 N–H and O–H groups in total. The highest BCUT2D eigenvalue weighted by molar-refractivity contribution is 9.11. The van der Waals surface area contributed by atoms with Crippen molar-refractivity contribution in [1.29, 1.82) is 0 Å². The molecule has 0 aliphatic heterocycles. The Labute approximate surface area is 188 Å². The first-order chi connectivity index (χ1) is 14.0. The van der Waals surface area contributed by atoms with Crippen LogP contribution in [-0.4, -0.2) is 12.1 Å². The molecule has 6 heteroatoms. The largest absolute Gasteiger partial charge is 0.487 e. The van der Waals surface area contributed by atoms with Crippen LogP contribution in [0.25, 0.3) is 0 Å². The van der Waals surface area contributed by atoms with Crippen LogP contribution in [0, 0.1) is 17.3 Å². The predicted octanol–water partition coefficient (Wildman–Crippen LogP) is 6.07. The standard InChI is InChI=1S/C23H24Br2N2O2/c1-23-10-6-5-9-17(23)20(23)22(28)27-26-13-16-11-18(24)21(19(25)12-16)29-14-15-7-3-2-4-8-15/h2-4,7-8,11-13,17,20H,5-6,9-10,14H2,1H3,(H,27,28)/b26-13-/t17-,20+,23+/m1/s1. The Balaban J connectivity index is 1.36. The number of benzene rings is 2. The van der Waals surface area contributed by atoms with Gasteiger partial charge in [0.05, 0.1) is 15.2 Å². The third-order valence-corrected chi connectivity index (χ3v) is 7.43. The molecule has 3 atom stereocenters. The first-order valence-corrected chi connectivity index (χ1v) is 11.6. The van der Waals surface area contributed by atoms with Gasteiger partial charge in [-0.2, -0.15) is 5.10 Å². The van der Waals surface area contributed by atoms with E-state index in [2.05, 4.69) is 49.3 Å². The number of rotatable bonds is 6. The Morgan fingerprint density at radius 2 is 1.97 bits per heavy atom. The number of hydrogen-bond acceptors (Lipinski definition) is 3. The first-order valence-electron chi connectivity index (χ1n) is 9.98. The molecule has 0 radical (unpaired) electrons. The third-order valence-electron chi connectivity index (χ3n) is 6.25. The normalized spacial score (nSPS) is 25.5. The summed E-state index contributed by atoms with van der Waals surface area (Å²) in [7, 11) is 0. The molecule has 0 aromatic heterocycles. The van der Waals surface area contributed by atoms with E-state index in [-0.39, 0.29) is 17.2 Å². The molecule has 2 aliphatic carbocycles. The summed E-state index contributed by atoms with van der Waals surface area (Å²) < 4.78 is 7.61. The van der Waals surface area contributed by atoms with Gasteiger partial charge in [-0.25, -0.2) is 5.43 Å². The van der Waals surface area contributed by atoms with Crippen LogP contribution in [0.3, 0.4) is 0 Å². The van der Waals surface area contributed by atoms with Crippen LogP contribution in [0.5, 0.6) is 5.75 Å². The Morgan fingerprint density at radius 3 is 2.62 bits per heavy atom. The van der Waals surface area contributed by atoms with Crippen molar-refractivity contribution in [3.05, 3.63) is 62.5 Å². The molecule has 29 heavy (non-hydrogen) atoms. The van der Waals surface area contributed by atoms with Gasteiger partial charge in [-0.05, 0) is 79.3 Å². The fourth-order valence-electron chi connectivity index (χ4n) is 4.61. The summed E-state index contributed by atoms with van der Waals surface area (Å²) in [5.74, 6) is 1.45. The predicted molar refractivity (Wildman–Crippen MR) is 122 cm³/mol. The molecular weight excluding hydrogens is 496 g/mol. The summed E-state index contributed by atoms with van der Waals surface area (Å²) in [5.41, 5.74) is 4.92. The molecule has 2 aliphatic rings. The number of fused-ring (bicyclic) bond motifs is 1. The van der Waals surface area contributed by atoms with Crippen LogP contribution >= 0.6 is 31.9 Å². The van der Waals surface area contributed by atoms with Crippen molar-refractivity contribution in [3.63, 3.8) is 0 Å². The molecule has 2 aromatic carbocycles. The number of carbonyl (C=O) groups is 1. The minimum Gasteiger partial charge on any atom is -0.487 e. The summed E-state index contributed by atoms with van der Waals surface area (Å²) in [6, 6.07) is 13.9. The maximum absolute atomic E-state index is 12.5. The molecule has 2 aromatic rings. The van der Waals surface area contributed by atoms with Crippen LogP contribution in [0.1, 0.15) is 43.7 Å². The lowest BCUT2D eigenvalue weighted by Gasteiger charge is -2.15. The average molecular weight is 520 g/mol. The summed E-state index contributed by atoms with van der Waals surface area (Å²) in [6.45, 7) is 2.73. The quantitative estimate of drug-likeness (QED) is 0.372. The SMILES string of the molecule is C[C@]12CCCC[C@@H]1[C@H]2C(=O)N/N=C\c1cc(Br)c(OCc2ccccc2)c(Br)c1. The molecule has 2 fully saturated rings. The van der Waals surface area contributed by atoms with Gasteiger partial charge in [-0.3, -0.25) is 4.79 Å². The van der Waals surface area contributed by atoms with E-state index in [0.29, 0.717) is 12.5 Å². The van der Waals surface area contributed by atoms with Crippen LogP contribution in [0.15, 0.2) is 56.5 Å². The van der Waals surface area contributed by atoms with Crippen molar-refractivity contribution in [2.75, 3.05) is 0 Å². The summed E-state index contributed by atoms with van der Waals surface area (Å²) in [4.78, 5) is 12.5. The van der Waals surface area contributed by atoms with Crippen molar-refractivity contribution in [1.82, 2.24) is 5.43 Å². The van der Waals surface area contributed by atoms with E-state index in [1.54, 1.807) is 6.21 Å². The van der Waals surface area contributed by atoms with Gasteiger partial charge in [-0.15, -0.1) is 0 Å². The average Bonchev–Trinajstić information content (AvgIpc) is 3.33. The Hall–Kier alpha value is -1.66. The molecule has 1 amide bonds. The second-order valence-corrected chi connectivity index (χ2v) is 9.87. The van der Waals surface area contributed by atoms with Gasteiger partial charge in [0, 0.05) is 5.92 Å². The summed E-state index contributed by atoms with van der Waals surface area (Å²) in [6.07, 6.45) is 6.48. The van der Waals surface area contributed by atoms with Crippen LogP contribution in [-0.2, 0) is 11.4 Å². The zero-order valence-corrected chi connectivity index (χ0v) is 19.5. The minimum atomic E-state index is 0.0524. The maximum atomic E-state index is 12.5. The minimum absolute atomic E-state index is 0.0524. The second-order valence-electron chi connectivity index (χ2n) is 8.16. The van der Waals surface area contributed by atoms with Gasteiger partial charge in [-0.1, -0.05) is 50.1 Å². The number of ether oxygens (including phenoxy) is 1. The number of amides is 1. The Bertz CT molecular complexity index is 909. The van der Waals surface area contributed by atoms with E-state index >= 15 is 0 Å². The number of hydrazone groups is 1. The van der Waals surface area contributed by atoms with Crippen LogP contribution < -0.4 is 10.2 Å². The van der Waals surface area contributed by atoms with E-state index < -0.39 is 0 Å². The molecule has 0 bridgehead atoms. The lowest BCUT2D eigenvalue weighted by Crippen LogP contribution is -2.22. The number of halogens is 2. The fourth-order valence-corrected chi connectivity index (χ4v) is 6.06. The Kier molecular flexibility index (Phi) is 6.11. The zero-order valence-electron chi connectivity index (χ0n) is 16.3. The van der Waals surface area contributed by atoms with E-state index in [1.165, 1.54) is 19.3 Å². The molecular formula is C23H24Br2N2O2. The molecule has 0 spiro atoms. The zero-order chi connectivity index (χ0) is 20.4. The smallest absolute Gasteiger partial charge is 0.244 e. The molecule has 4 nitrogen and oxygen atoms in total. The highest BCUT2D eigenvalue weighted by Gasteiger charge is 2.64. The lowest BCUT2D eigenvalue weighted by molar-refractivity contribution is -0.123. The lowest BCUT2D eigenvalue weighted by atomic mass is 9.90. The number of nitrogens with zero attached hydrogens (tertiary/aromatic N) is 1. The van der Waals surface area contributed by atoms with Crippen molar-refractivity contribution in [3.8, 4) is 5.75 Å². The van der Waals surface area contributed by atoms with Crippen LogP contribution in [0.4, 0.5) is 0 Å². The highest BCUT2D eigenvalue weighted by atomic mass is 79.9. The summed E-state index contributed by atoms with van der Waals surface area (Å²) in [5, 5.41) is 4.19. The van der Waals surface area contributed by atoms with Crippen molar-refractivity contribution in [2.24, 2.45) is 22.4 Å². The van der Waals surface area contributed by atoms with E-state index in [4.69, 9.17) is 4.74 Å². The highest BCUT2D eigenvalue weighted by Crippen LogP contribution is 2.66. The molecule has 152 valence electrons. The first kappa shape index (κ1) is 20.6. The van der Waals surface area contributed by atoms with Crippen molar-refractivity contribution < 1.29 is 9.53 Å². The maximum Gasteiger partial charge on any atom is 0.244 e. The van der Waals surface area contributed by atoms with Crippen molar-refractivity contribution in [2.45, 2.75) is 39.2 Å². The molecule has 0 unspecified atom stereocenters. The number of hydrogen-bond donors (Lipinski definition) is 1. The fraction of sp³-hybridized carbons (Fsp3) is 0.391. The van der Waals surface area contributed by atoms with E-state index in [0.717, 1.165) is 32.2 Å². The van der Waals surface area contributed by atoms with E-state index in [1.807, 2.05) is 42.5 Å². The van der Waals surface area contributed by atoms with Gasteiger partial charge >= 0.3 is 0 Å². The molecule has 2 saturated carbocycles. The van der Waals surface area contributed by atoms with Gasteiger partial charge in [0.1, 0.15) is 12.4 Å². The van der Waals surface area contributed by atoms with Crippen molar-refractivity contribution >= 4 is 44.0 Å². The van der Waals surface area contributed by atoms with Gasteiger partial charge in [0.25, 0.3) is 0 Å². The van der Waals surface area contributed by atoms with Gasteiger partial charge < -0.3 is 4.74 Å². The number of nitrogens with one attached hydrogen (secondary N) is 1. The summed E-state index contributed by atoms with van der Waals surface area (Å²) >= 11 is 7.14.